The van der Waals surface area contributed by atoms with Crippen LogP contribution < -0.4 is 10.6 Å². The van der Waals surface area contributed by atoms with Crippen molar-refractivity contribution < 1.29 is 27.6 Å². The van der Waals surface area contributed by atoms with Crippen LogP contribution in [0.15, 0.2) is 30.3 Å². The molecule has 1 aliphatic heterocycles. The van der Waals surface area contributed by atoms with Gasteiger partial charge in [0.15, 0.2) is 0 Å². The van der Waals surface area contributed by atoms with Crippen LogP contribution in [-0.4, -0.2) is 55.0 Å². The van der Waals surface area contributed by atoms with E-state index in [2.05, 4.69) is 5.32 Å². The van der Waals surface area contributed by atoms with E-state index in [1.54, 1.807) is 10.2 Å². The zero-order valence-corrected chi connectivity index (χ0v) is 15.4. The van der Waals surface area contributed by atoms with Gasteiger partial charge in [0.1, 0.15) is 6.54 Å². The minimum Gasteiger partial charge on any atom is -0.347 e. The Balaban J connectivity index is 1.66. The molecule has 0 bridgehead atoms. The van der Waals surface area contributed by atoms with Crippen LogP contribution in [0.3, 0.4) is 0 Å². The monoisotopic (exact) mass is 399 g/mol. The first-order chi connectivity index (χ1) is 13.2. The number of nitrogens with zero attached hydrogens (tertiary/aromatic N) is 1. The summed E-state index contributed by atoms with van der Waals surface area (Å²) >= 11 is 0. The van der Waals surface area contributed by atoms with Gasteiger partial charge < -0.3 is 15.5 Å². The summed E-state index contributed by atoms with van der Waals surface area (Å²) in [6, 6.07) is 9.70. The Bertz CT molecular complexity index is 672. The van der Waals surface area contributed by atoms with Crippen molar-refractivity contribution >= 4 is 17.7 Å². The molecule has 28 heavy (non-hydrogen) atoms. The number of halogens is 3. The maximum atomic E-state index is 12.3. The van der Waals surface area contributed by atoms with Crippen molar-refractivity contribution in [3.05, 3.63) is 35.9 Å². The van der Waals surface area contributed by atoms with E-state index >= 15 is 0 Å². The van der Waals surface area contributed by atoms with Gasteiger partial charge in [-0.1, -0.05) is 30.3 Å². The molecule has 0 atom stereocenters. The van der Waals surface area contributed by atoms with Crippen LogP contribution in [0.25, 0.3) is 0 Å². The molecule has 154 valence electrons. The zero-order valence-electron chi connectivity index (χ0n) is 15.4. The molecular formula is C19H24F3N3O3. The molecule has 2 N–H and O–H groups in total. The number of rotatable bonds is 7. The molecule has 6 nitrogen and oxygen atoms in total. The topological polar surface area (TPSA) is 78.5 Å². The van der Waals surface area contributed by atoms with Gasteiger partial charge in [0.25, 0.3) is 0 Å². The van der Waals surface area contributed by atoms with E-state index < -0.39 is 25.2 Å². The lowest BCUT2D eigenvalue weighted by Gasteiger charge is -2.31. The van der Waals surface area contributed by atoms with Crippen molar-refractivity contribution in [2.75, 3.05) is 26.2 Å². The molecule has 1 aromatic rings. The summed E-state index contributed by atoms with van der Waals surface area (Å²) in [7, 11) is 0. The molecule has 1 aliphatic rings. The SMILES string of the molecule is O=C(CNC(=O)C1CCN(C(=O)CCc2ccccc2)CC1)NCC(F)(F)F. The summed E-state index contributed by atoms with van der Waals surface area (Å²) in [5, 5.41) is 4.06. The molecule has 0 radical (unpaired) electrons. The predicted octanol–water partition coefficient (Wildman–Crippen LogP) is 1.65. The van der Waals surface area contributed by atoms with Gasteiger partial charge in [0.2, 0.25) is 17.7 Å². The van der Waals surface area contributed by atoms with Crippen molar-refractivity contribution in [3.63, 3.8) is 0 Å². The van der Waals surface area contributed by atoms with Crippen molar-refractivity contribution in [2.45, 2.75) is 31.9 Å². The Morgan fingerprint density at radius 3 is 2.29 bits per heavy atom. The highest BCUT2D eigenvalue weighted by Crippen LogP contribution is 2.18. The molecule has 0 aliphatic carbocycles. The van der Waals surface area contributed by atoms with E-state index in [9.17, 15) is 27.6 Å². The van der Waals surface area contributed by atoms with Crippen LogP contribution in [0.4, 0.5) is 13.2 Å². The molecule has 2 rings (SSSR count). The molecule has 1 fully saturated rings. The second-order valence-corrected chi connectivity index (χ2v) is 6.75. The highest BCUT2D eigenvalue weighted by Gasteiger charge is 2.29. The van der Waals surface area contributed by atoms with Crippen molar-refractivity contribution in [1.82, 2.24) is 15.5 Å². The summed E-state index contributed by atoms with van der Waals surface area (Å²) < 4.78 is 36.1. The number of nitrogens with one attached hydrogen (secondary N) is 2. The number of carbonyl (C=O) groups is 3. The minimum atomic E-state index is -4.49. The Morgan fingerprint density at radius 1 is 1.04 bits per heavy atom. The lowest BCUT2D eigenvalue weighted by molar-refractivity contribution is -0.139. The van der Waals surface area contributed by atoms with Gasteiger partial charge in [-0.2, -0.15) is 13.2 Å². The largest absolute Gasteiger partial charge is 0.405 e. The quantitative estimate of drug-likeness (QED) is 0.732. The Hall–Kier alpha value is -2.58. The average Bonchev–Trinajstić information content (AvgIpc) is 2.69. The van der Waals surface area contributed by atoms with E-state index in [4.69, 9.17) is 0 Å². The number of likely N-dealkylation sites (tertiary alicyclic amines) is 1. The summed E-state index contributed by atoms with van der Waals surface area (Å²) in [5.74, 6) is -1.58. The van der Waals surface area contributed by atoms with Crippen molar-refractivity contribution in [1.29, 1.82) is 0 Å². The van der Waals surface area contributed by atoms with Gasteiger partial charge >= 0.3 is 6.18 Å². The lowest BCUT2D eigenvalue weighted by Crippen LogP contribution is -2.46. The first-order valence-electron chi connectivity index (χ1n) is 9.17. The third-order valence-electron chi connectivity index (χ3n) is 4.60. The fourth-order valence-corrected chi connectivity index (χ4v) is 3.02. The van der Waals surface area contributed by atoms with Gasteiger partial charge in [0.05, 0.1) is 6.54 Å². The summed E-state index contributed by atoms with van der Waals surface area (Å²) in [6.07, 6.45) is -2.49. The van der Waals surface area contributed by atoms with E-state index in [-0.39, 0.29) is 17.7 Å². The molecule has 0 aromatic heterocycles. The Labute approximate surface area is 161 Å². The maximum Gasteiger partial charge on any atom is 0.405 e. The number of amides is 3. The van der Waals surface area contributed by atoms with Gasteiger partial charge in [-0.3, -0.25) is 14.4 Å². The number of aryl methyl sites for hydroxylation is 1. The maximum absolute atomic E-state index is 12.3. The molecule has 3 amide bonds. The highest BCUT2D eigenvalue weighted by atomic mass is 19.4. The van der Waals surface area contributed by atoms with Gasteiger partial charge in [-0.05, 0) is 24.8 Å². The highest BCUT2D eigenvalue weighted by molar-refractivity contribution is 5.86. The number of alkyl halides is 3. The summed E-state index contributed by atoms with van der Waals surface area (Å²) in [4.78, 5) is 37.4. The lowest BCUT2D eigenvalue weighted by atomic mass is 9.95. The van der Waals surface area contributed by atoms with Crippen LogP contribution in [0.2, 0.25) is 0 Å². The Morgan fingerprint density at radius 2 is 1.68 bits per heavy atom. The molecular weight excluding hydrogens is 375 g/mol. The van der Waals surface area contributed by atoms with Gasteiger partial charge in [0, 0.05) is 25.4 Å². The molecule has 1 aromatic carbocycles. The van der Waals surface area contributed by atoms with E-state index in [0.717, 1.165) is 5.56 Å². The predicted molar refractivity (Wildman–Crippen MR) is 96.1 cm³/mol. The van der Waals surface area contributed by atoms with Crippen LogP contribution in [0.5, 0.6) is 0 Å². The van der Waals surface area contributed by atoms with Gasteiger partial charge in [-0.15, -0.1) is 0 Å². The number of benzene rings is 1. The van der Waals surface area contributed by atoms with Crippen LogP contribution in [-0.2, 0) is 20.8 Å². The minimum absolute atomic E-state index is 0.0363. The Kier molecular flexibility index (Phi) is 7.83. The number of hydrogen-bond donors (Lipinski definition) is 2. The zero-order chi connectivity index (χ0) is 20.6. The molecule has 1 heterocycles. The first-order valence-corrected chi connectivity index (χ1v) is 9.17. The third-order valence-corrected chi connectivity index (χ3v) is 4.60. The molecule has 0 unspecified atom stereocenters. The third kappa shape index (κ3) is 7.58. The smallest absolute Gasteiger partial charge is 0.347 e. The summed E-state index contributed by atoms with van der Waals surface area (Å²) in [6.45, 7) is -1.02. The molecule has 0 spiro atoms. The average molecular weight is 399 g/mol. The standard InChI is InChI=1S/C19H24F3N3O3/c20-19(21,22)13-24-16(26)12-23-18(28)15-8-10-25(11-9-15)17(27)7-6-14-4-2-1-3-5-14/h1-5,15H,6-13H2,(H,23,28)(H,24,26). The van der Waals surface area contributed by atoms with E-state index in [1.807, 2.05) is 30.3 Å². The second-order valence-electron chi connectivity index (χ2n) is 6.75. The van der Waals surface area contributed by atoms with Crippen LogP contribution in [0, 0.1) is 5.92 Å². The number of carbonyl (C=O) groups excluding carboxylic acids is 3. The number of hydrogen-bond acceptors (Lipinski definition) is 3. The normalized spacial score (nSPS) is 15.2. The summed E-state index contributed by atoms with van der Waals surface area (Å²) in [5.41, 5.74) is 1.09. The van der Waals surface area contributed by atoms with E-state index in [0.29, 0.717) is 38.8 Å². The van der Waals surface area contributed by atoms with Crippen LogP contribution >= 0.6 is 0 Å². The molecule has 9 heteroatoms. The van der Waals surface area contributed by atoms with Crippen molar-refractivity contribution in [3.8, 4) is 0 Å². The van der Waals surface area contributed by atoms with Crippen molar-refractivity contribution in [2.24, 2.45) is 5.92 Å². The first kappa shape index (κ1) is 21.7. The fraction of sp³-hybridized carbons (Fsp3) is 0.526. The molecule has 1 saturated heterocycles. The van der Waals surface area contributed by atoms with E-state index in [1.165, 1.54) is 0 Å². The second kappa shape index (κ2) is 10.1. The number of piperidine rings is 1. The fourth-order valence-electron chi connectivity index (χ4n) is 3.02. The van der Waals surface area contributed by atoms with Crippen LogP contribution in [0.1, 0.15) is 24.8 Å². The van der Waals surface area contributed by atoms with Gasteiger partial charge in [-0.25, -0.2) is 0 Å². The molecule has 0 saturated carbocycles.